The number of unbranched alkanes of at least 4 members (excludes halogenated alkanes) is 1. The third-order valence-corrected chi connectivity index (χ3v) is 4.41. The van der Waals surface area contributed by atoms with Crippen molar-refractivity contribution in [1.82, 2.24) is 9.97 Å². The van der Waals surface area contributed by atoms with E-state index in [1.165, 1.54) is 4.70 Å². The Balaban J connectivity index is 1.42. The minimum atomic E-state index is 0.0167. The van der Waals surface area contributed by atoms with Gasteiger partial charge in [-0.05, 0) is 43.5 Å². The SMILES string of the molecule is O=C(CCCCc1nc2ccccc2s1)Nc1ccccn1. The number of anilines is 1. The number of aryl methyl sites for hydroxylation is 1. The van der Waals surface area contributed by atoms with Gasteiger partial charge < -0.3 is 5.32 Å². The second-order valence-corrected chi connectivity index (χ2v) is 6.16. The Morgan fingerprint density at radius 1 is 1.09 bits per heavy atom. The number of aromatic nitrogens is 2. The van der Waals surface area contributed by atoms with Crippen molar-refractivity contribution in [3.05, 3.63) is 53.7 Å². The zero-order valence-corrected chi connectivity index (χ0v) is 13.0. The zero-order chi connectivity index (χ0) is 15.2. The molecular weight excluding hydrogens is 294 g/mol. The molecule has 0 atom stereocenters. The van der Waals surface area contributed by atoms with Gasteiger partial charge >= 0.3 is 0 Å². The van der Waals surface area contributed by atoms with E-state index in [0.29, 0.717) is 12.2 Å². The lowest BCUT2D eigenvalue weighted by molar-refractivity contribution is -0.116. The molecule has 0 aliphatic rings. The minimum Gasteiger partial charge on any atom is -0.311 e. The van der Waals surface area contributed by atoms with Gasteiger partial charge in [0.05, 0.1) is 15.2 Å². The molecule has 112 valence electrons. The summed E-state index contributed by atoms with van der Waals surface area (Å²) in [5, 5.41) is 3.94. The topological polar surface area (TPSA) is 54.9 Å². The smallest absolute Gasteiger partial charge is 0.225 e. The van der Waals surface area contributed by atoms with Gasteiger partial charge in [-0.15, -0.1) is 11.3 Å². The van der Waals surface area contributed by atoms with Crippen LogP contribution in [-0.4, -0.2) is 15.9 Å². The Morgan fingerprint density at radius 3 is 2.77 bits per heavy atom. The van der Waals surface area contributed by atoms with Crippen LogP contribution in [0.1, 0.15) is 24.3 Å². The van der Waals surface area contributed by atoms with Gasteiger partial charge in [-0.1, -0.05) is 18.2 Å². The van der Waals surface area contributed by atoms with Crippen molar-refractivity contribution in [3.8, 4) is 0 Å². The second-order valence-electron chi connectivity index (χ2n) is 5.05. The summed E-state index contributed by atoms with van der Waals surface area (Å²) in [6.45, 7) is 0. The fourth-order valence-electron chi connectivity index (χ4n) is 2.23. The predicted octanol–water partition coefficient (Wildman–Crippen LogP) is 4.04. The number of rotatable bonds is 6. The van der Waals surface area contributed by atoms with Gasteiger partial charge in [0.2, 0.25) is 5.91 Å². The first-order valence-corrected chi connectivity index (χ1v) is 8.18. The van der Waals surface area contributed by atoms with Crippen LogP contribution in [0, 0.1) is 0 Å². The molecule has 1 aromatic carbocycles. The zero-order valence-electron chi connectivity index (χ0n) is 12.2. The molecule has 0 aliphatic carbocycles. The van der Waals surface area contributed by atoms with Crippen molar-refractivity contribution in [2.24, 2.45) is 0 Å². The number of hydrogen-bond acceptors (Lipinski definition) is 4. The molecule has 0 unspecified atom stereocenters. The number of benzene rings is 1. The van der Waals surface area contributed by atoms with Crippen LogP contribution >= 0.6 is 11.3 Å². The highest BCUT2D eigenvalue weighted by atomic mass is 32.1. The van der Waals surface area contributed by atoms with E-state index in [1.807, 2.05) is 30.3 Å². The lowest BCUT2D eigenvalue weighted by atomic mass is 10.2. The van der Waals surface area contributed by atoms with E-state index in [9.17, 15) is 4.79 Å². The molecule has 0 saturated heterocycles. The van der Waals surface area contributed by atoms with Crippen molar-refractivity contribution >= 4 is 33.3 Å². The average molecular weight is 311 g/mol. The Kier molecular flexibility index (Phi) is 4.75. The summed E-state index contributed by atoms with van der Waals surface area (Å²) in [6.07, 6.45) is 4.93. The monoisotopic (exact) mass is 311 g/mol. The lowest BCUT2D eigenvalue weighted by Crippen LogP contribution is -2.12. The molecule has 0 fully saturated rings. The summed E-state index contributed by atoms with van der Waals surface area (Å²) < 4.78 is 1.23. The summed E-state index contributed by atoms with van der Waals surface area (Å²) in [5.74, 6) is 0.627. The molecular formula is C17H17N3OS. The van der Waals surface area contributed by atoms with E-state index in [-0.39, 0.29) is 5.91 Å². The number of hydrogen-bond donors (Lipinski definition) is 1. The van der Waals surface area contributed by atoms with Crippen molar-refractivity contribution in [2.45, 2.75) is 25.7 Å². The molecule has 1 amide bonds. The molecule has 2 aromatic heterocycles. The fourth-order valence-corrected chi connectivity index (χ4v) is 3.24. The molecule has 4 nitrogen and oxygen atoms in total. The van der Waals surface area contributed by atoms with Crippen molar-refractivity contribution in [3.63, 3.8) is 0 Å². The lowest BCUT2D eigenvalue weighted by Gasteiger charge is -2.03. The van der Waals surface area contributed by atoms with E-state index in [4.69, 9.17) is 0 Å². The molecule has 0 spiro atoms. The van der Waals surface area contributed by atoms with Crippen LogP contribution in [-0.2, 0) is 11.2 Å². The number of amides is 1. The van der Waals surface area contributed by atoms with Crippen LogP contribution in [0.25, 0.3) is 10.2 Å². The number of thiazole rings is 1. The summed E-state index contributed by atoms with van der Waals surface area (Å²) in [5.41, 5.74) is 1.07. The van der Waals surface area contributed by atoms with Crippen LogP contribution in [0.15, 0.2) is 48.7 Å². The predicted molar refractivity (Wildman–Crippen MR) is 90.0 cm³/mol. The quantitative estimate of drug-likeness (QED) is 0.699. The summed E-state index contributed by atoms with van der Waals surface area (Å²) >= 11 is 1.74. The number of fused-ring (bicyclic) bond motifs is 1. The Hall–Kier alpha value is -2.27. The number of pyridine rings is 1. The molecule has 0 bridgehead atoms. The molecule has 3 rings (SSSR count). The van der Waals surface area contributed by atoms with Gasteiger partial charge in [0.25, 0.3) is 0 Å². The fraction of sp³-hybridized carbons (Fsp3) is 0.235. The molecule has 0 saturated carbocycles. The van der Waals surface area contributed by atoms with Crippen LogP contribution in [0.5, 0.6) is 0 Å². The van der Waals surface area contributed by atoms with Crippen LogP contribution in [0.2, 0.25) is 0 Å². The Bertz CT molecular complexity index is 722. The highest BCUT2D eigenvalue weighted by molar-refractivity contribution is 7.18. The Labute approximate surface area is 133 Å². The maximum Gasteiger partial charge on any atom is 0.225 e. The molecule has 0 radical (unpaired) electrons. The summed E-state index contributed by atoms with van der Waals surface area (Å²) in [4.78, 5) is 20.5. The van der Waals surface area contributed by atoms with Gasteiger partial charge in [-0.3, -0.25) is 4.79 Å². The number of nitrogens with zero attached hydrogens (tertiary/aromatic N) is 2. The van der Waals surface area contributed by atoms with Crippen molar-refractivity contribution < 1.29 is 4.79 Å². The first-order valence-electron chi connectivity index (χ1n) is 7.36. The second kappa shape index (κ2) is 7.13. The highest BCUT2D eigenvalue weighted by Crippen LogP contribution is 2.22. The van der Waals surface area contributed by atoms with E-state index in [0.717, 1.165) is 29.8 Å². The van der Waals surface area contributed by atoms with Crippen molar-refractivity contribution in [2.75, 3.05) is 5.32 Å². The van der Waals surface area contributed by atoms with Gasteiger partial charge in [-0.2, -0.15) is 0 Å². The molecule has 2 heterocycles. The third-order valence-electron chi connectivity index (χ3n) is 3.32. The van der Waals surface area contributed by atoms with Gasteiger partial charge in [-0.25, -0.2) is 9.97 Å². The van der Waals surface area contributed by atoms with Crippen LogP contribution < -0.4 is 5.32 Å². The van der Waals surface area contributed by atoms with Crippen LogP contribution in [0.4, 0.5) is 5.82 Å². The number of nitrogens with one attached hydrogen (secondary N) is 1. The molecule has 0 aliphatic heterocycles. The molecule has 3 aromatic rings. The maximum absolute atomic E-state index is 11.8. The average Bonchev–Trinajstić information content (AvgIpc) is 2.95. The standard InChI is InChI=1S/C17H17N3OS/c21-16(20-15-9-5-6-12-18-15)10-3-4-11-17-19-13-7-1-2-8-14(13)22-17/h1-2,5-9,12H,3-4,10-11H2,(H,18,20,21). The molecule has 1 N–H and O–H groups in total. The van der Waals surface area contributed by atoms with Crippen LogP contribution in [0.3, 0.4) is 0 Å². The summed E-state index contributed by atoms with van der Waals surface area (Å²) in [7, 11) is 0. The van der Waals surface area contributed by atoms with Gasteiger partial charge in [0.15, 0.2) is 0 Å². The van der Waals surface area contributed by atoms with Crippen molar-refractivity contribution in [1.29, 1.82) is 0 Å². The minimum absolute atomic E-state index is 0.0167. The summed E-state index contributed by atoms with van der Waals surface area (Å²) in [6, 6.07) is 13.6. The maximum atomic E-state index is 11.8. The molecule has 5 heteroatoms. The van der Waals surface area contributed by atoms with Gasteiger partial charge in [0.1, 0.15) is 5.82 Å². The van der Waals surface area contributed by atoms with E-state index in [1.54, 1.807) is 23.6 Å². The van der Waals surface area contributed by atoms with E-state index >= 15 is 0 Å². The normalized spacial score (nSPS) is 10.7. The molecule has 22 heavy (non-hydrogen) atoms. The van der Waals surface area contributed by atoms with E-state index < -0.39 is 0 Å². The number of carbonyl (C=O) groups is 1. The Morgan fingerprint density at radius 2 is 1.95 bits per heavy atom. The van der Waals surface area contributed by atoms with E-state index in [2.05, 4.69) is 21.4 Å². The number of carbonyl (C=O) groups excluding carboxylic acids is 1. The third kappa shape index (κ3) is 3.89. The first kappa shape index (κ1) is 14.7. The first-order chi connectivity index (χ1) is 10.8. The van der Waals surface area contributed by atoms with Gasteiger partial charge in [0, 0.05) is 12.6 Å². The highest BCUT2D eigenvalue weighted by Gasteiger charge is 2.05. The largest absolute Gasteiger partial charge is 0.311 e. The number of para-hydroxylation sites is 1.